The Balaban J connectivity index is -0.0000000160. The molecule has 0 aliphatic carbocycles. The molecule has 0 spiro atoms. The molecule has 0 bridgehead atoms. The molecule has 0 radical (unpaired) electrons. The van der Waals surface area contributed by atoms with Crippen molar-refractivity contribution in [3.8, 4) is 0 Å². The molecule has 0 aromatic rings. The molecule has 23 heavy (non-hydrogen) atoms. The topological polar surface area (TPSA) is 143 Å². The molecule has 0 aliphatic rings. The van der Waals surface area contributed by atoms with E-state index >= 15 is 0 Å². The van der Waals surface area contributed by atoms with Crippen LogP contribution < -0.4 is 281 Å². The molecule has 0 amide bonds. The normalized spacial score (nSPS) is 6.13. The number of hydrogen-bond acceptors (Lipinski definition) is 7. The van der Waals surface area contributed by atoms with Crippen LogP contribution in [0.4, 0.5) is 0 Å². The van der Waals surface area contributed by atoms with Gasteiger partial charge in [0.2, 0.25) is 0 Å². The second kappa shape index (κ2) is 39.4. The SMILES string of the molecule is O=C([O-])CC([O-])(CC(=O)[O-])C(=O)[O-].[Br-].[Cl-].[I-].[Na+].[Na+].[Na+].[Na+].[Na+].[Na+].[Na+]. The number of hydrogen-bond donors (Lipinski definition) is 0. The first-order valence-corrected chi connectivity index (χ1v) is 3.09. The van der Waals surface area contributed by atoms with Gasteiger partial charge in [-0.25, -0.2) is 0 Å². The molecule has 0 aromatic carbocycles. The van der Waals surface area contributed by atoms with Crippen LogP contribution in [0.5, 0.6) is 0 Å². The van der Waals surface area contributed by atoms with Crippen LogP contribution in [0.1, 0.15) is 12.8 Å². The Morgan fingerprint density at radius 2 is 0.870 bits per heavy atom. The number of rotatable bonds is 5. The molecule has 0 aromatic heterocycles. The Kier molecular flexibility index (Phi) is 120. The van der Waals surface area contributed by atoms with Crippen molar-refractivity contribution in [2.75, 3.05) is 0 Å². The van der Waals surface area contributed by atoms with Gasteiger partial charge in [-0.05, 0) is 12.8 Å². The van der Waals surface area contributed by atoms with Gasteiger partial charge in [0.25, 0.3) is 0 Å². The second-order valence-electron chi connectivity index (χ2n) is 2.38. The number of carboxylic acids is 3. The van der Waals surface area contributed by atoms with Gasteiger partial charge in [-0.2, -0.15) is 0 Å². The Hall–Kier alpha value is 6.87. The molecule has 0 fully saturated rings. The van der Waals surface area contributed by atoms with E-state index in [-0.39, 0.29) is 260 Å². The molecule has 0 N–H and O–H groups in total. The van der Waals surface area contributed by atoms with E-state index < -0.39 is 36.4 Å². The zero-order valence-corrected chi connectivity index (χ0v) is 32.9. The van der Waals surface area contributed by atoms with Gasteiger partial charge < -0.3 is 88.2 Å². The Bertz CT molecular complexity index is 264. The second-order valence-corrected chi connectivity index (χ2v) is 2.38. The van der Waals surface area contributed by atoms with E-state index in [2.05, 4.69) is 0 Å². The van der Waals surface area contributed by atoms with Crippen molar-refractivity contribution in [3.63, 3.8) is 0 Å². The third-order valence-electron chi connectivity index (χ3n) is 1.23. The summed E-state index contributed by atoms with van der Waals surface area (Å²) in [4.78, 5) is 29.9. The van der Waals surface area contributed by atoms with Crippen LogP contribution in [0.3, 0.4) is 0 Å². The van der Waals surface area contributed by atoms with E-state index in [0.717, 1.165) is 0 Å². The van der Waals surface area contributed by atoms with Gasteiger partial charge in [0, 0.05) is 17.9 Å². The third-order valence-corrected chi connectivity index (χ3v) is 1.23. The standard InChI is InChI=1S/C6H7O7.BrH.ClH.HI.7Na/c7-3(8)1-6(13,5(11)12)2-4(9)10;;;;;;;;;;/h1-2H2,(H,7,8)(H,9,10)(H,11,12);3*1H;;;;;;;/q-1;;;;7*+1/p-6. The average Bonchev–Trinajstić information content (AvgIpc) is 1.82. The molecule has 0 saturated heterocycles. The van der Waals surface area contributed by atoms with Gasteiger partial charge >= 0.3 is 207 Å². The largest absolute Gasteiger partial charge is 1.00 e. The fraction of sp³-hybridized carbons (Fsp3) is 0.500. The molecule has 0 saturated carbocycles. The third kappa shape index (κ3) is 39.9. The molecule has 0 aliphatic heterocycles. The monoisotopic (exact) mass is 590 g/mol. The first-order chi connectivity index (χ1) is 5.78. The summed E-state index contributed by atoms with van der Waals surface area (Å²) in [5, 5.41) is 40.8. The summed E-state index contributed by atoms with van der Waals surface area (Å²) in [5.74, 6) is -6.22. The zero-order chi connectivity index (χ0) is 10.6. The van der Waals surface area contributed by atoms with Crippen LogP contribution in [0, 0.1) is 0 Å². The van der Waals surface area contributed by atoms with Crippen LogP contribution in [0.15, 0.2) is 0 Å². The van der Waals surface area contributed by atoms with E-state index in [0.29, 0.717) is 0 Å². The molecule has 0 unspecified atom stereocenters. The van der Waals surface area contributed by atoms with Crippen molar-refractivity contribution < 1.29 is 295 Å². The van der Waals surface area contributed by atoms with E-state index in [9.17, 15) is 34.8 Å². The maximum absolute atomic E-state index is 10.9. The van der Waals surface area contributed by atoms with Gasteiger partial charge in [-0.3, -0.25) is 0 Å². The van der Waals surface area contributed by atoms with Gasteiger partial charge in [0.05, 0.1) is 0 Å². The maximum Gasteiger partial charge on any atom is 1.00 e. The first-order valence-electron chi connectivity index (χ1n) is 3.09. The number of aliphatic carboxylic acids is 3. The summed E-state index contributed by atoms with van der Waals surface area (Å²) in [6.07, 6.45) is -2.94. The quantitative estimate of drug-likeness (QED) is 0.228. The minimum absolute atomic E-state index is 0. The number of carbonyl (C=O) groups excluding carboxylic acids is 3. The summed E-state index contributed by atoms with van der Waals surface area (Å²) in [7, 11) is 0. The maximum atomic E-state index is 10.9. The van der Waals surface area contributed by atoms with E-state index in [1.807, 2.05) is 0 Å². The fourth-order valence-corrected chi connectivity index (χ4v) is 0.673. The predicted molar refractivity (Wildman–Crippen MR) is 27.0 cm³/mol. The minimum atomic E-state index is -3.22. The van der Waals surface area contributed by atoms with Gasteiger partial charge in [-0.15, -0.1) is 0 Å². The van der Waals surface area contributed by atoms with Gasteiger partial charge in [-0.1, -0.05) is 5.60 Å². The van der Waals surface area contributed by atoms with E-state index in [4.69, 9.17) is 0 Å². The molecule has 17 heteroatoms. The predicted octanol–water partition coefficient (Wildman–Crippen LogP) is -35.8. The molecule has 0 rings (SSSR count). The smallest absolute Gasteiger partial charge is 1.00 e. The van der Waals surface area contributed by atoms with Crippen LogP contribution in [0.25, 0.3) is 0 Å². The van der Waals surface area contributed by atoms with Crippen molar-refractivity contribution in [2.24, 2.45) is 0 Å². The molecule has 0 atom stereocenters. The summed E-state index contributed by atoms with van der Waals surface area (Å²) in [6.45, 7) is 0. The zero-order valence-electron chi connectivity index (χ0n) is 14.4. The molecule has 98 valence electrons. The van der Waals surface area contributed by atoms with Crippen molar-refractivity contribution in [2.45, 2.75) is 18.4 Å². The van der Waals surface area contributed by atoms with Crippen LogP contribution in [-0.4, -0.2) is 23.5 Å². The molecular weight excluding hydrogens is 587 g/mol. The van der Waals surface area contributed by atoms with Gasteiger partial charge in [0.15, 0.2) is 0 Å². The number of halogens is 3. The van der Waals surface area contributed by atoms with Crippen LogP contribution in [0.2, 0.25) is 0 Å². The fourth-order valence-electron chi connectivity index (χ4n) is 0.673. The number of carboxylic acid groups (broad SMARTS) is 3. The summed E-state index contributed by atoms with van der Waals surface area (Å²) < 4.78 is 0. The summed E-state index contributed by atoms with van der Waals surface area (Å²) in [5.41, 5.74) is -3.22. The summed E-state index contributed by atoms with van der Waals surface area (Å²) in [6, 6.07) is 0. The molecule has 7 nitrogen and oxygen atoms in total. The van der Waals surface area contributed by atoms with Crippen molar-refractivity contribution >= 4 is 17.9 Å². The molecular formula is C6H4BrClINa7O7. The van der Waals surface area contributed by atoms with E-state index in [1.165, 1.54) is 0 Å². The van der Waals surface area contributed by atoms with Crippen LogP contribution in [-0.2, 0) is 14.4 Å². The Labute approximate surface area is 323 Å². The Morgan fingerprint density at radius 1 is 0.696 bits per heavy atom. The minimum Gasteiger partial charge on any atom is -1.00 e. The first kappa shape index (κ1) is 69.9. The average molecular weight is 591 g/mol. The number of carbonyl (C=O) groups is 3. The summed E-state index contributed by atoms with van der Waals surface area (Å²) >= 11 is 0. The van der Waals surface area contributed by atoms with Crippen molar-refractivity contribution in [1.82, 2.24) is 0 Å². The van der Waals surface area contributed by atoms with Crippen LogP contribution >= 0.6 is 0 Å². The van der Waals surface area contributed by atoms with E-state index in [1.54, 1.807) is 0 Å². The van der Waals surface area contributed by atoms with Crippen molar-refractivity contribution in [3.05, 3.63) is 0 Å². The van der Waals surface area contributed by atoms with Crippen molar-refractivity contribution in [1.29, 1.82) is 0 Å². The molecule has 0 heterocycles. The Morgan fingerprint density at radius 3 is 0.957 bits per heavy atom. The van der Waals surface area contributed by atoms with Gasteiger partial charge in [0.1, 0.15) is 0 Å².